The molecule has 0 aliphatic heterocycles. The average molecular weight is 293 g/mol. The van der Waals surface area contributed by atoms with Gasteiger partial charge in [-0.05, 0) is 32.9 Å². The topological polar surface area (TPSA) is 93.4 Å². The molecule has 116 valence electrons. The molecule has 0 heterocycles. The lowest BCUT2D eigenvalue weighted by molar-refractivity contribution is -0.126. The highest BCUT2D eigenvalue weighted by Crippen LogP contribution is 2.25. The number of primary amides is 1. The van der Waals surface area contributed by atoms with E-state index >= 15 is 0 Å². The number of rotatable bonds is 7. The van der Waals surface area contributed by atoms with E-state index in [0.29, 0.717) is 5.75 Å². The minimum atomic E-state index is -0.887. The van der Waals surface area contributed by atoms with Crippen LogP contribution in [0, 0.1) is 0 Å². The zero-order valence-corrected chi connectivity index (χ0v) is 12.7. The molecule has 0 aliphatic rings. The summed E-state index contributed by atoms with van der Waals surface area (Å²) in [5.74, 6) is 0.0483. The average Bonchev–Trinajstić information content (AvgIpc) is 2.44. The van der Waals surface area contributed by atoms with Crippen molar-refractivity contribution in [3.63, 3.8) is 0 Å². The molecule has 1 aromatic rings. The Morgan fingerprint density at radius 2 is 1.95 bits per heavy atom. The molecule has 3 amide bonds. The van der Waals surface area contributed by atoms with E-state index in [1.807, 2.05) is 30.4 Å². The Hall–Kier alpha value is -2.08. The van der Waals surface area contributed by atoms with Crippen molar-refractivity contribution >= 4 is 11.9 Å². The van der Waals surface area contributed by atoms with E-state index in [1.165, 1.54) is 0 Å². The van der Waals surface area contributed by atoms with Crippen molar-refractivity contribution in [1.82, 2.24) is 10.6 Å². The van der Waals surface area contributed by atoms with Gasteiger partial charge >= 0.3 is 6.03 Å². The number of amides is 3. The zero-order valence-electron chi connectivity index (χ0n) is 12.7. The third-order valence-electron chi connectivity index (χ3n) is 3.01. The van der Waals surface area contributed by atoms with Gasteiger partial charge in [0.05, 0.1) is 0 Å². The molecular weight excluding hydrogens is 270 g/mol. The molecule has 0 saturated carbocycles. The predicted molar refractivity (Wildman–Crippen MR) is 81.0 cm³/mol. The number of imide groups is 1. The minimum absolute atomic E-state index is 0.104. The number of benzene rings is 1. The van der Waals surface area contributed by atoms with Crippen LogP contribution in [-0.2, 0) is 4.79 Å². The van der Waals surface area contributed by atoms with Gasteiger partial charge in [-0.1, -0.05) is 25.1 Å². The van der Waals surface area contributed by atoms with Crippen molar-refractivity contribution in [1.29, 1.82) is 0 Å². The molecule has 1 rings (SSSR count). The van der Waals surface area contributed by atoms with Gasteiger partial charge in [-0.15, -0.1) is 0 Å². The molecule has 4 N–H and O–H groups in total. The molecule has 6 heteroatoms. The molecule has 0 bridgehead atoms. The first-order valence-corrected chi connectivity index (χ1v) is 7.05. The zero-order chi connectivity index (χ0) is 15.8. The molecule has 0 aliphatic carbocycles. The first kappa shape index (κ1) is 17.0. The maximum atomic E-state index is 11.7. The van der Waals surface area contributed by atoms with E-state index in [0.717, 1.165) is 18.5 Å². The Morgan fingerprint density at radius 1 is 1.29 bits per heavy atom. The summed E-state index contributed by atoms with van der Waals surface area (Å²) in [6.07, 6.45) is 0.224. The van der Waals surface area contributed by atoms with E-state index in [1.54, 1.807) is 13.0 Å². The van der Waals surface area contributed by atoms with Gasteiger partial charge < -0.3 is 15.8 Å². The summed E-state index contributed by atoms with van der Waals surface area (Å²) in [6, 6.07) is 6.72. The summed E-state index contributed by atoms with van der Waals surface area (Å²) < 4.78 is 5.65. The monoisotopic (exact) mass is 293 g/mol. The maximum Gasteiger partial charge on any atom is 0.318 e. The molecule has 21 heavy (non-hydrogen) atoms. The van der Waals surface area contributed by atoms with Gasteiger partial charge in [0.15, 0.2) is 6.10 Å². The summed E-state index contributed by atoms with van der Waals surface area (Å²) in [5, 5.41) is 5.37. The smallest absolute Gasteiger partial charge is 0.318 e. The fourth-order valence-electron chi connectivity index (χ4n) is 1.88. The highest BCUT2D eigenvalue weighted by molar-refractivity contribution is 5.95. The lowest BCUT2D eigenvalue weighted by Crippen LogP contribution is -2.42. The molecule has 6 nitrogen and oxygen atoms in total. The highest BCUT2D eigenvalue weighted by Gasteiger charge is 2.19. The van der Waals surface area contributed by atoms with Crippen molar-refractivity contribution in [3.05, 3.63) is 29.8 Å². The van der Waals surface area contributed by atoms with Crippen molar-refractivity contribution < 1.29 is 14.3 Å². The van der Waals surface area contributed by atoms with Crippen LogP contribution in [0.15, 0.2) is 24.3 Å². The number of ether oxygens (including phenoxy) is 1. The first-order chi connectivity index (χ1) is 9.95. The van der Waals surface area contributed by atoms with Gasteiger partial charge in [0.1, 0.15) is 5.75 Å². The second-order valence-corrected chi connectivity index (χ2v) is 4.83. The van der Waals surface area contributed by atoms with Gasteiger partial charge in [-0.3, -0.25) is 10.1 Å². The van der Waals surface area contributed by atoms with Gasteiger partial charge in [0.2, 0.25) is 0 Å². The lowest BCUT2D eigenvalue weighted by atomic mass is 10.1. The van der Waals surface area contributed by atoms with Gasteiger partial charge in [-0.25, -0.2) is 4.79 Å². The molecule has 0 spiro atoms. The number of hydrogen-bond donors (Lipinski definition) is 3. The van der Waals surface area contributed by atoms with E-state index in [-0.39, 0.29) is 6.04 Å². The molecule has 1 aromatic carbocycles. The molecule has 0 fully saturated rings. The summed E-state index contributed by atoms with van der Waals surface area (Å²) >= 11 is 0. The Morgan fingerprint density at radius 3 is 2.57 bits per heavy atom. The Kier molecular flexibility index (Phi) is 6.68. The Bertz CT molecular complexity index is 491. The summed E-state index contributed by atoms with van der Waals surface area (Å²) in [5.41, 5.74) is 5.88. The quantitative estimate of drug-likeness (QED) is 0.713. The largest absolute Gasteiger partial charge is 0.481 e. The molecule has 2 atom stereocenters. The van der Waals surface area contributed by atoms with E-state index in [2.05, 4.69) is 12.2 Å². The van der Waals surface area contributed by atoms with E-state index in [9.17, 15) is 9.59 Å². The number of carbonyl (C=O) groups is 2. The van der Waals surface area contributed by atoms with Crippen LogP contribution in [0.3, 0.4) is 0 Å². The van der Waals surface area contributed by atoms with Crippen LogP contribution < -0.4 is 21.1 Å². The van der Waals surface area contributed by atoms with Crippen LogP contribution in [0.4, 0.5) is 4.79 Å². The summed E-state index contributed by atoms with van der Waals surface area (Å²) in [4.78, 5) is 22.3. The van der Waals surface area contributed by atoms with E-state index < -0.39 is 18.0 Å². The third kappa shape index (κ3) is 5.43. The van der Waals surface area contributed by atoms with Crippen LogP contribution >= 0.6 is 0 Å². The maximum absolute atomic E-state index is 11.7. The molecular formula is C15H23N3O3. The number of carbonyl (C=O) groups excluding carboxylic acids is 2. The van der Waals surface area contributed by atoms with Crippen LogP contribution in [0.5, 0.6) is 5.75 Å². The lowest BCUT2D eigenvalue weighted by Gasteiger charge is -2.20. The number of urea groups is 1. The van der Waals surface area contributed by atoms with E-state index in [4.69, 9.17) is 10.5 Å². The number of para-hydroxylation sites is 1. The fraction of sp³-hybridized carbons (Fsp3) is 0.467. The summed E-state index contributed by atoms with van der Waals surface area (Å²) in [7, 11) is 0. The van der Waals surface area contributed by atoms with Crippen LogP contribution in [0.1, 0.15) is 38.8 Å². The third-order valence-corrected chi connectivity index (χ3v) is 3.01. The fourth-order valence-corrected chi connectivity index (χ4v) is 1.88. The van der Waals surface area contributed by atoms with Crippen molar-refractivity contribution in [2.24, 2.45) is 5.73 Å². The van der Waals surface area contributed by atoms with Crippen molar-refractivity contribution in [2.75, 3.05) is 6.54 Å². The number of hydrogen-bond acceptors (Lipinski definition) is 4. The van der Waals surface area contributed by atoms with Gasteiger partial charge in [0.25, 0.3) is 5.91 Å². The van der Waals surface area contributed by atoms with Gasteiger partial charge in [0, 0.05) is 11.6 Å². The molecule has 0 radical (unpaired) electrons. The molecule has 0 aromatic heterocycles. The molecule has 0 saturated heterocycles. The predicted octanol–water partition coefficient (Wildman–Crippen LogP) is 1.71. The van der Waals surface area contributed by atoms with Crippen molar-refractivity contribution in [2.45, 2.75) is 39.3 Å². The summed E-state index contributed by atoms with van der Waals surface area (Å²) in [6.45, 7) is 6.59. The molecule has 2 unspecified atom stereocenters. The standard InChI is InChI=1S/C15H23N3O3/c1-4-9-17-10(2)12-7-5-6-8-13(12)21-11(3)14(19)18-15(16)20/h5-8,10-11,17H,4,9H2,1-3H3,(H3,16,18,19,20). The Labute approximate surface area is 125 Å². The van der Waals surface area contributed by atoms with Crippen molar-refractivity contribution in [3.8, 4) is 5.75 Å². The first-order valence-electron chi connectivity index (χ1n) is 7.05. The number of nitrogens with two attached hydrogens (primary N) is 1. The SMILES string of the molecule is CCCNC(C)c1ccccc1OC(C)C(=O)NC(N)=O. The Balaban J connectivity index is 2.78. The van der Waals surface area contributed by atoms with Gasteiger partial charge in [-0.2, -0.15) is 0 Å². The second kappa shape index (κ2) is 8.26. The van der Waals surface area contributed by atoms with Crippen LogP contribution in [-0.4, -0.2) is 24.6 Å². The normalized spacial score (nSPS) is 13.3. The second-order valence-electron chi connectivity index (χ2n) is 4.83. The minimum Gasteiger partial charge on any atom is -0.481 e. The van der Waals surface area contributed by atoms with Crippen LogP contribution in [0.2, 0.25) is 0 Å². The number of nitrogens with one attached hydrogen (secondary N) is 2. The van der Waals surface area contributed by atoms with Crippen LogP contribution in [0.25, 0.3) is 0 Å². The highest BCUT2D eigenvalue weighted by atomic mass is 16.5.